The number of halogens is 3. The molecule has 78 valence electrons. The van der Waals surface area contributed by atoms with Crippen LogP contribution in [0.4, 0.5) is 8.28 Å². The van der Waals surface area contributed by atoms with Crippen molar-refractivity contribution in [3.63, 3.8) is 0 Å². The number of aryl methyl sites for hydroxylation is 1. The van der Waals surface area contributed by atoms with Crippen LogP contribution in [-0.2, 0) is 16.6 Å². The lowest BCUT2D eigenvalue weighted by Crippen LogP contribution is -2.02. The van der Waals surface area contributed by atoms with Crippen LogP contribution >= 0.6 is 11.6 Å². The van der Waals surface area contributed by atoms with Gasteiger partial charge >= 0.3 is 10.2 Å². The molecule has 0 saturated heterocycles. The summed E-state index contributed by atoms with van der Waals surface area (Å²) in [7, 11) is -4.53. The minimum Gasteiger partial charge on any atom is -0.207 e. The summed E-state index contributed by atoms with van der Waals surface area (Å²) in [4.78, 5) is 0. The van der Waals surface area contributed by atoms with Gasteiger partial charge in [-0.05, 0) is 30.2 Å². The summed E-state index contributed by atoms with van der Waals surface area (Å²) in [6, 6.07) is 3.54. The van der Waals surface area contributed by atoms with Gasteiger partial charge < -0.3 is 0 Å². The quantitative estimate of drug-likeness (QED) is 0.760. The van der Waals surface area contributed by atoms with Gasteiger partial charge in [-0.25, -0.2) is 4.39 Å². The SMILES string of the molecule is O=S(=O)(F)CCc1cc(F)ccc1Cl. The number of hydrogen-bond acceptors (Lipinski definition) is 2. The Morgan fingerprint density at radius 2 is 2.00 bits per heavy atom. The monoisotopic (exact) mass is 240 g/mol. The fourth-order valence-corrected chi connectivity index (χ4v) is 1.64. The van der Waals surface area contributed by atoms with Gasteiger partial charge in [-0.2, -0.15) is 8.42 Å². The lowest BCUT2D eigenvalue weighted by molar-refractivity contribution is 0.551. The van der Waals surface area contributed by atoms with Gasteiger partial charge in [0, 0.05) is 5.02 Å². The van der Waals surface area contributed by atoms with Gasteiger partial charge in [0.2, 0.25) is 0 Å². The van der Waals surface area contributed by atoms with Gasteiger partial charge in [0.05, 0.1) is 5.75 Å². The molecule has 1 aromatic carbocycles. The minimum absolute atomic E-state index is 0.130. The van der Waals surface area contributed by atoms with Gasteiger partial charge in [-0.15, -0.1) is 3.89 Å². The second-order valence-electron chi connectivity index (χ2n) is 2.73. The molecule has 0 heterocycles. The Morgan fingerprint density at radius 1 is 1.36 bits per heavy atom. The van der Waals surface area contributed by atoms with Crippen LogP contribution in [-0.4, -0.2) is 14.2 Å². The molecule has 1 rings (SSSR count). The molecular formula is C8H7ClF2O2S. The first-order valence-corrected chi connectivity index (χ1v) is 5.68. The maximum atomic E-state index is 12.7. The summed E-state index contributed by atoms with van der Waals surface area (Å²) < 4.78 is 45.2. The average molecular weight is 241 g/mol. The van der Waals surface area contributed by atoms with Crippen molar-refractivity contribution >= 4 is 21.8 Å². The molecule has 0 bridgehead atoms. The summed E-state index contributed by atoms with van der Waals surface area (Å²) in [6.07, 6.45) is -0.130. The topological polar surface area (TPSA) is 34.1 Å². The first kappa shape index (κ1) is 11.4. The molecule has 1 aromatic rings. The van der Waals surface area contributed by atoms with Crippen LogP contribution in [0.2, 0.25) is 5.02 Å². The standard InChI is InChI=1S/C8H7ClF2O2S/c9-8-2-1-7(10)5-6(8)3-4-14(11,12)13/h1-2,5H,3-4H2. The molecule has 0 saturated carbocycles. The smallest absolute Gasteiger partial charge is 0.207 e. The molecule has 0 aliphatic rings. The number of rotatable bonds is 3. The van der Waals surface area contributed by atoms with Crippen LogP contribution in [0.25, 0.3) is 0 Å². The van der Waals surface area contributed by atoms with Crippen LogP contribution in [0.3, 0.4) is 0 Å². The molecular weight excluding hydrogens is 234 g/mol. The van der Waals surface area contributed by atoms with E-state index in [4.69, 9.17) is 11.6 Å². The first-order chi connectivity index (χ1) is 6.38. The van der Waals surface area contributed by atoms with Crippen molar-refractivity contribution in [3.05, 3.63) is 34.6 Å². The number of benzene rings is 1. The van der Waals surface area contributed by atoms with Gasteiger partial charge in [0.15, 0.2) is 0 Å². The van der Waals surface area contributed by atoms with E-state index in [0.29, 0.717) is 0 Å². The summed E-state index contributed by atoms with van der Waals surface area (Å²) in [6.45, 7) is 0. The molecule has 0 radical (unpaired) electrons. The van der Waals surface area contributed by atoms with E-state index in [-0.39, 0.29) is 17.0 Å². The highest BCUT2D eigenvalue weighted by atomic mass is 35.5. The van der Waals surface area contributed by atoms with Crippen molar-refractivity contribution in [2.45, 2.75) is 6.42 Å². The Bertz CT molecular complexity index is 431. The van der Waals surface area contributed by atoms with Crippen molar-refractivity contribution in [1.82, 2.24) is 0 Å². The Balaban J connectivity index is 2.81. The molecule has 0 unspecified atom stereocenters. The second-order valence-corrected chi connectivity index (χ2v) is 4.62. The third kappa shape index (κ3) is 3.59. The Kier molecular flexibility index (Phi) is 3.44. The van der Waals surface area contributed by atoms with Crippen LogP contribution in [0, 0.1) is 5.82 Å². The zero-order valence-electron chi connectivity index (χ0n) is 7.00. The van der Waals surface area contributed by atoms with Crippen LogP contribution in [0.5, 0.6) is 0 Å². The Morgan fingerprint density at radius 3 is 2.57 bits per heavy atom. The fraction of sp³-hybridized carbons (Fsp3) is 0.250. The fourth-order valence-electron chi connectivity index (χ4n) is 0.967. The third-order valence-electron chi connectivity index (χ3n) is 1.62. The van der Waals surface area contributed by atoms with Crippen LogP contribution in [0.15, 0.2) is 18.2 Å². The van der Waals surface area contributed by atoms with Crippen molar-refractivity contribution in [2.75, 3.05) is 5.75 Å². The zero-order valence-corrected chi connectivity index (χ0v) is 8.58. The molecule has 0 fully saturated rings. The van der Waals surface area contributed by atoms with E-state index in [1.807, 2.05) is 0 Å². The highest BCUT2D eigenvalue weighted by Gasteiger charge is 2.09. The molecule has 6 heteroatoms. The summed E-state index contributed by atoms with van der Waals surface area (Å²) in [5.41, 5.74) is 0.285. The molecule has 0 aromatic heterocycles. The maximum Gasteiger partial charge on any atom is 0.302 e. The normalized spacial score (nSPS) is 11.6. The van der Waals surface area contributed by atoms with E-state index in [2.05, 4.69) is 0 Å². The van der Waals surface area contributed by atoms with Crippen molar-refractivity contribution in [1.29, 1.82) is 0 Å². The minimum atomic E-state index is -4.53. The Hall–Kier alpha value is -0.680. The van der Waals surface area contributed by atoms with E-state index < -0.39 is 21.8 Å². The molecule has 0 N–H and O–H groups in total. The van der Waals surface area contributed by atoms with Gasteiger partial charge in [-0.1, -0.05) is 11.6 Å². The summed E-state index contributed by atoms with van der Waals surface area (Å²) in [5.74, 6) is -1.21. The zero-order chi connectivity index (χ0) is 10.8. The van der Waals surface area contributed by atoms with Crippen molar-refractivity contribution in [3.8, 4) is 0 Å². The molecule has 14 heavy (non-hydrogen) atoms. The predicted molar refractivity (Wildman–Crippen MR) is 50.0 cm³/mol. The molecule has 0 aliphatic carbocycles. The highest BCUT2D eigenvalue weighted by Crippen LogP contribution is 2.18. The molecule has 0 amide bonds. The molecule has 0 atom stereocenters. The summed E-state index contributed by atoms with van der Waals surface area (Å²) in [5, 5.41) is 0.232. The Labute approximate surface area is 85.7 Å². The largest absolute Gasteiger partial charge is 0.302 e. The second kappa shape index (κ2) is 4.23. The van der Waals surface area contributed by atoms with Gasteiger partial charge in [0.1, 0.15) is 5.82 Å². The van der Waals surface area contributed by atoms with E-state index in [1.54, 1.807) is 0 Å². The van der Waals surface area contributed by atoms with Crippen molar-refractivity contribution < 1.29 is 16.7 Å². The van der Waals surface area contributed by atoms with E-state index in [0.717, 1.165) is 12.1 Å². The highest BCUT2D eigenvalue weighted by molar-refractivity contribution is 7.86. The van der Waals surface area contributed by atoms with Crippen LogP contribution in [0.1, 0.15) is 5.56 Å². The maximum absolute atomic E-state index is 12.7. The molecule has 0 spiro atoms. The van der Waals surface area contributed by atoms with E-state index in [1.165, 1.54) is 6.07 Å². The molecule has 2 nitrogen and oxygen atoms in total. The van der Waals surface area contributed by atoms with E-state index in [9.17, 15) is 16.7 Å². The van der Waals surface area contributed by atoms with Gasteiger partial charge in [0.25, 0.3) is 0 Å². The average Bonchev–Trinajstić information content (AvgIpc) is 2.05. The number of hydrogen-bond donors (Lipinski definition) is 0. The summed E-state index contributed by atoms with van der Waals surface area (Å²) >= 11 is 5.64. The van der Waals surface area contributed by atoms with Crippen LogP contribution < -0.4 is 0 Å². The lowest BCUT2D eigenvalue weighted by Gasteiger charge is -2.01. The van der Waals surface area contributed by atoms with E-state index >= 15 is 0 Å². The predicted octanol–water partition coefficient (Wildman–Crippen LogP) is 2.32. The van der Waals surface area contributed by atoms with Crippen molar-refractivity contribution in [2.24, 2.45) is 0 Å². The molecule has 0 aliphatic heterocycles. The third-order valence-corrected chi connectivity index (χ3v) is 2.68. The first-order valence-electron chi connectivity index (χ1n) is 3.75. The lowest BCUT2D eigenvalue weighted by atomic mass is 10.2. The van der Waals surface area contributed by atoms with Gasteiger partial charge in [-0.3, -0.25) is 0 Å².